The quantitative estimate of drug-likeness (QED) is 0.646. The molecule has 90 valence electrons. The normalized spacial score (nSPS) is 18.5. The number of hydrogen-bond acceptors (Lipinski definition) is 6. The maximum atomic E-state index is 11.4. The van der Waals surface area contributed by atoms with Gasteiger partial charge in [0.15, 0.2) is 9.84 Å². The molecule has 1 saturated heterocycles. The average molecular weight is 245 g/mol. The van der Waals surface area contributed by atoms with E-state index in [0.29, 0.717) is 31.9 Å². The van der Waals surface area contributed by atoms with Crippen molar-refractivity contribution in [3.05, 3.63) is 11.2 Å². The van der Waals surface area contributed by atoms with Gasteiger partial charge in [-0.15, -0.1) is 0 Å². The van der Waals surface area contributed by atoms with Crippen molar-refractivity contribution in [1.82, 2.24) is 10.2 Å². The van der Waals surface area contributed by atoms with Gasteiger partial charge in [-0.25, -0.2) is 8.42 Å². The van der Waals surface area contributed by atoms with E-state index in [0.717, 1.165) is 5.41 Å². The summed E-state index contributed by atoms with van der Waals surface area (Å²) in [6.07, 6.45) is 0.595. The number of hydrogen-bond donors (Lipinski definition) is 2. The lowest BCUT2D eigenvalue weighted by atomic mass is 10.4. The van der Waals surface area contributed by atoms with Gasteiger partial charge in [-0.2, -0.15) is 5.26 Å². The van der Waals surface area contributed by atoms with Gasteiger partial charge in [0.1, 0.15) is 11.6 Å². The molecular formula is C9H15N3O3S. The Labute approximate surface area is 95.1 Å². The maximum Gasteiger partial charge on any atom is 0.188 e. The summed E-state index contributed by atoms with van der Waals surface area (Å²) in [4.78, 5) is 1.85. The Balaban J connectivity index is 2.71. The van der Waals surface area contributed by atoms with E-state index < -0.39 is 15.6 Å². The van der Waals surface area contributed by atoms with Gasteiger partial charge in [-0.1, -0.05) is 0 Å². The molecule has 1 aliphatic heterocycles. The summed E-state index contributed by atoms with van der Waals surface area (Å²) >= 11 is 0. The van der Waals surface area contributed by atoms with Crippen LogP contribution >= 0.6 is 0 Å². The molecular weight excluding hydrogens is 230 g/mol. The first-order valence-corrected chi connectivity index (χ1v) is 6.71. The van der Waals surface area contributed by atoms with E-state index >= 15 is 0 Å². The lowest BCUT2D eigenvalue weighted by Crippen LogP contribution is -2.23. The van der Waals surface area contributed by atoms with Gasteiger partial charge >= 0.3 is 0 Å². The minimum atomic E-state index is -3.46. The van der Waals surface area contributed by atoms with E-state index in [4.69, 9.17) is 10.4 Å². The minimum absolute atomic E-state index is 0.0781. The molecule has 7 heteroatoms. The second-order valence-electron chi connectivity index (χ2n) is 3.46. The van der Waals surface area contributed by atoms with Crippen molar-refractivity contribution < 1.29 is 13.5 Å². The lowest BCUT2D eigenvalue weighted by molar-refractivity contribution is 0.261. The third kappa shape index (κ3) is 3.72. The second-order valence-corrected chi connectivity index (χ2v) is 5.31. The molecule has 0 aromatic rings. The molecule has 0 bridgehead atoms. The highest BCUT2D eigenvalue weighted by Crippen LogP contribution is 2.10. The minimum Gasteiger partial charge on any atom is -0.396 e. The van der Waals surface area contributed by atoms with Crippen molar-refractivity contribution in [2.24, 2.45) is 0 Å². The Morgan fingerprint density at radius 2 is 2.38 bits per heavy atom. The molecule has 2 N–H and O–H groups in total. The molecule has 0 spiro atoms. The van der Waals surface area contributed by atoms with Gasteiger partial charge < -0.3 is 15.3 Å². The zero-order valence-electron chi connectivity index (χ0n) is 8.89. The molecule has 0 saturated carbocycles. The summed E-state index contributed by atoms with van der Waals surface area (Å²) in [6, 6.07) is 1.62. The van der Waals surface area contributed by atoms with Crippen molar-refractivity contribution in [2.75, 3.05) is 32.0 Å². The van der Waals surface area contributed by atoms with Gasteiger partial charge in [0.2, 0.25) is 0 Å². The smallest absolute Gasteiger partial charge is 0.188 e. The van der Waals surface area contributed by atoms with Crippen LogP contribution in [0.25, 0.3) is 0 Å². The zero-order valence-corrected chi connectivity index (χ0v) is 9.70. The van der Waals surface area contributed by atoms with Crippen LogP contribution in [0.2, 0.25) is 0 Å². The molecule has 16 heavy (non-hydrogen) atoms. The Morgan fingerprint density at radius 1 is 1.62 bits per heavy atom. The summed E-state index contributed by atoms with van der Waals surface area (Å²) < 4.78 is 22.8. The first kappa shape index (κ1) is 12.8. The molecule has 6 nitrogen and oxygen atoms in total. The first-order valence-electron chi connectivity index (χ1n) is 5.00. The first-order chi connectivity index (χ1) is 7.59. The number of aliphatic hydroxyl groups excluding tert-OH is 1. The fourth-order valence-corrected chi connectivity index (χ4v) is 2.30. The summed E-state index contributed by atoms with van der Waals surface area (Å²) in [7, 11) is -3.46. The highest BCUT2D eigenvalue weighted by Gasteiger charge is 2.18. The number of aliphatic hydroxyl groups is 1. The molecule has 0 atom stereocenters. The van der Waals surface area contributed by atoms with Gasteiger partial charge in [0, 0.05) is 26.2 Å². The highest BCUT2D eigenvalue weighted by molar-refractivity contribution is 7.94. The summed E-state index contributed by atoms with van der Waals surface area (Å²) in [6.45, 7) is 2.08. The van der Waals surface area contributed by atoms with Crippen LogP contribution in [0.5, 0.6) is 0 Å². The Hall–Kier alpha value is -1.26. The van der Waals surface area contributed by atoms with Crippen LogP contribution < -0.4 is 5.32 Å². The third-order valence-corrected chi connectivity index (χ3v) is 3.29. The van der Waals surface area contributed by atoms with Crippen LogP contribution in [0.1, 0.15) is 6.42 Å². The molecule has 0 amide bonds. The van der Waals surface area contributed by atoms with E-state index in [1.165, 1.54) is 0 Å². The molecule has 1 fully saturated rings. The van der Waals surface area contributed by atoms with Crippen molar-refractivity contribution in [1.29, 1.82) is 5.26 Å². The third-order valence-electron chi connectivity index (χ3n) is 2.17. The van der Waals surface area contributed by atoms with Crippen LogP contribution in [0.15, 0.2) is 11.2 Å². The van der Waals surface area contributed by atoms with E-state index in [9.17, 15) is 8.42 Å². The summed E-state index contributed by atoms with van der Waals surface area (Å²) in [5.41, 5.74) is 0. The number of sulfone groups is 1. The topological polar surface area (TPSA) is 93.4 Å². The SMILES string of the molecule is N#CCS(=O)(=O)C=C1NCCN1CCCO. The highest BCUT2D eigenvalue weighted by atomic mass is 32.2. The van der Waals surface area contributed by atoms with Crippen molar-refractivity contribution in [3.63, 3.8) is 0 Å². The van der Waals surface area contributed by atoms with Gasteiger partial charge in [0.05, 0.1) is 11.5 Å². The Kier molecular flexibility index (Phi) is 4.58. The predicted molar refractivity (Wildman–Crippen MR) is 58.8 cm³/mol. The van der Waals surface area contributed by atoms with Crippen LogP contribution in [0.4, 0.5) is 0 Å². The van der Waals surface area contributed by atoms with Crippen LogP contribution in [0, 0.1) is 11.3 Å². The van der Waals surface area contributed by atoms with Crippen LogP contribution in [-0.4, -0.2) is 50.4 Å². The van der Waals surface area contributed by atoms with Crippen molar-refractivity contribution in [3.8, 4) is 6.07 Å². The van der Waals surface area contributed by atoms with Gasteiger partial charge in [-0.3, -0.25) is 0 Å². The lowest BCUT2D eigenvalue weighted by Gasteiger charge is -2.17. The average Bonchev–Trinajstić information content (AvgIpc) is 2.61. The predicted octanol–water partition coefficient (Wildman–Crippen LogP) is -0.989. The summed E-state index contributed by atoms with van der Waals surface area (Å²) in [5.74, 6) is 0.00940. The number of nitriles is 1. The zero-order chi connectivity index (χ0) is 12.0. The van der Waals surface area contributed by atoms with E-state index in [1.54, 1.807) is 6.07 Å². The van der Waals surface area contributed by atoms with E-state index in [-0.39, 0.29) is 6.61 Å². The molecule has 1 aliphatic rings. The number of nitrogens with one attached hydrogen (secondary N) is 1. The molecule has 1 heterocycles. The molecule has 0 unspecified atom stereocenters. The Morgan fingerprint density at radius 3 is 3.00 bits per heavy atom. The number of nitrogens with zero attached hydrogens (tertiary/aromatic N) is 2. The summed E-state index contributed by atoms with van der Waals surface area (Å²) in [5, 5.41) is 21.1. The van der Waals surface area contributed by atoms with E-state index in [2.05, 4.69) is 5.32 Å². The maximum absolute atomic E-state index is 11.4. The van der Waals surface area contributed by atoms with Gasteiger partial charge in [-0.05, 0) is 6.42 Å². The largest absolute Gasteiger partial charge is 0.396 e. The van der Waals surface area contributed by atoms with Gasteiger partial charge in [0.25, 0.3) is 0 Å². The molecule has 0 aromatic carbocycles. The molecule has 0 aliphatic carbocycles. The monoisotopic (exact) mass is 245 g/mol. The molecule has 0 aromatic heterocycles. The Bertz CT molecular complexity index is 397. The van der Waals surface area contributed by atoms with E-state index in [1.807, 2.05) is 4.90 Å². The van der Waals surface area contributed by atoms with Crippen molar-refractivity contribution in [2.45, 2.75) is 6.42 Å². The van der Waals surface area contributed by atoms with Crippen LogP contribution in [0.3, 0.4) is 0 Å². The van der Waals surface area contributed by atoms with Crippen LogP contribution in [-0.2, 0) is 9.84 Å². The number of rotatable bonds is 5. The second kappa shape index (κ2) is 5.72. The standard InChI is InChI=1S/C9H15N3O3S/c10-2-7-16(14,15)8-9-11-3-5-12(9)4-1-6-13/h8,11,13H,1,3-7H2. The van der Waals surface area contributed by atoms with Crippen molar-refractivity contribution >= 4 is 9.84 Å². The molecule has 1 rings (SSSR count). The fourth-order valence-electron chi connectivity index (χ4n) is 1.46. The molecule has 0 radical (unpaired) electrons. The fraction of sp³-hybridized carbons (Fsp3) is 0.667.